The standard InChI is InChI=1S/C9H14INOS/c1-2-3-12-5-8(11)7-4-9(10)13-6-7/h4,6,8H,2-3,5,11H2,1H3. The first-order valence-electron chi connectivity index (χ1n) is 4.31. The third-order valence-corrected chi connectivity index (χ3v) is 3.47. The van der Waals surface area contributed by atoms with E-state index in [4.69, 9.17) is 10.5 Å². The highest BCUT2D eigenvalue weighted by Crippen LogP contribution is 2.21. The molecule has 0 saturated heterocycles. The number of nitrogens with two attached hydrogens (primary N) is 1. The van der Waals surface area contributed by atoms with Crippen LogP contribution in [-0.4, -0.2) is 13.2 Å². The summed E-state index contributed by atoms with van der Waals surface area (Å²) in [5, 5.41) is 2.10. The Labute approximate surface area is 96.6 Å². The molecule has 0 aliphatic carbocycles. The van der Waals surface area contributed by atoms with Gasteiger partial charge in [0.25, 0.3) is 0 Å². The summed E-state index contributed by atoms with van der Waals surface area (Å²) in [5.74, 6) is 0. The minimum absolute atomic E-state index is 0.0336. The van der Waals surface area contributed by atoms with Crippen LogP contribution in [0.15, 0.2) is 11.4 Å². The molecule has 0 spiro atoms. The highest BCUT2D eigenvalue weighted by Gasteiger charge is 2.07. The lowest BCUT2D eigenvalue weighted by atomic mass is 10.2. The van der Waals surface area contributed by atoms with Crippen LogP contribution >= 0.6 is 33.9 Å². The van der Waals surface area contributed by atoms with Crippen LogP contribution in [0.4, 0.5) is 0 Å². The third kappa shape index (κ3) is 3.93. The van der Waals surface area contributed by atoms with Crippen molar-refractivity contribution >= 4 is 33.9 Å². The van der Waals surface area contributed by atoms with Gasteiger partial charge in [0.1, 0.15) is 0 Å². The maximum Gasteiger partial charge on any atom is 0.0659 e. The minimum atomic E-state index is 0.0336. The quantitative estimate of drug-likeness (QED) is 0.670. The van der Waals surface area contributed by atoms with Crippen LogP contribution in [0.2, 0.25) is 0 Å². The van der Waals surface area contributed by atoms with Crippen molar-refractivity contribution in [3.05, 3.63) is 19.9 Å². The number of thiophene rings is 1. The normalized spacial score (nSPS) is 13.2. The predicted octanol–water partition coefficient (Wildman–Crippen LogP) is 2.78. The SMILES string of the molecule is CCCOCC(N)c1csc(I)c1. The van der Waals surface area contributed by atoms with Gasteiger partial charge in [-0.15, -0.1) is 11.3 Å². The van der Waals surface area contributed by atoms with Crippen LogP contribution in [0.1, 0.15) is 24.9 Å². The molecule has 1 aromatic rings. The van der Waals surface area contributed by atoms with E-state index in [-0.39, 0.29) is 6.04 Å². The predicted molar refractivity (Wildman–Crippen MR) is 65.1 cm³/mol. The van der Waals surface area contributed by atoms with Gasteiger partial charge in [0.15, 0.2) is 0 Å². The van der Waals surface area contributed by atoms with Crippen LogP contribution in [0.3, 0.4) is 0 Å². The molecule has 0 aromatic carbocycles. The molecular weight excluding hydrogens is 297 g/mol. The van der Waals surface area contributed by atoms with Crippen LogP contribution in [0, 0.1) is 2.88 Å². The number of hydrogen-bond donors (Lipinski definition) is 1. The molecule has 1 rings (SSSR count). The maximum absolute atomic E-state index is 5.93. The second-order valence-corrected chi connectivity index (χ2v) is 5.67. The molecule has 0 bridgehead atoms. The molecule has 0 amide bonds. The third-order valence-electron chi connectivity index (χ3n) is 1.66. The van der Waals surface area contributed by atoms with E-state index in [2.05, 4.69) is 41.0 Å². The summed E-state index contributed by atoms with van der Waals surface area (Å²) in [6.45, 7) is 3.52. The Morgan fingerprint density at radius 1 is 1.69 bits per heavy atom. The Hall–Kier alpha value is 0.350. The Kier molecular flexibility index (Phi) is 5.23. The van der Waals surface area contributed by atoms with Crippen molar-refractivity contribution in [3.63, 3.8) is 0 Å². The van der Waals surface area contributed by atoms with E-state index in [0.29, 0.717) is 6.61 Å². The van der Waals surface area contributed by atoms with Gasteiger partial charge in [0, 0.05) is 6.61 Å². The zero-order valence-electron chi connectivity index (χ0n) is 7.63. The molecular formula is C9H14INOS. The van der Waals surface area contributed by atoms with Crippen molar-refractivity contribution in [1.29, 1.82) is 0 Å². The Bertz CT molecular complexity index is 252. The smallest absolute Gasteiger partial charge is 0.0659 e. The fourth-order valence-corrected chi connectivity index (χ4v) is 2.41. The lowest BCUT2D eigenvalue weighted by Gasteiger charge is -2.09. The largest absolute Gasteiger partial charge is 0.379 e. The Morgan fingerprint density at radius 2 is 2.46 bits per heavy atom. The molecule has 0 aliphatic rings. The lowest BCUT2D eigenvalue weighted by Crippen LogP contribution is -2.16. The molecule has 4 heteroatoms. The highest BCUT2D eigenvalue weighted by atomic mass is 127. The molecule has 1 aromatic heterocycles. The molecule has 2 N–H and O–H groups in total. The van der Waals surface area contributed by atoms with Gasteiger partial charge in [-0.25, -0.2) is 0 Å². The van der Waals surface area contributed by atoms with E-state index in [1.807, 2.05) is 0 Å². The van der Waals surface area contributed by atoms with E-state index in [9.17, 15) is 0 Å². The molecule has 1 atom stereocenters. The number of hydrogen-bond acceptors (Lipinski definition) is 3. The van der Waals surface area contributed by atoms with E-state index < -0.39 is 0 Å². The van der Waals surface area contributed by atoms with Crippen molar-refractivity contribution < 1.29 is 4.74 Å². The maximum atomic E-state index is 5.93. The van der Waals surface area contributed by atoms with E-state index in [1.165, 1.54) is 8.45 Å². The summed E-state index contributed by atoms with van der Waals surface area (Å²) in [6, 6.07) is 2.15. The van der Waals surface area contributed by atoms with Crippen molar-refractivity contribution in [2.45, 2.75) is 19.4 Å². The summed E-state index contributed by atoms with van der Waals surface area (Å²) in [5.41, 5.74) is 7.11. The molecule has 74 valence electrons. The van der Waals surface area contributed by atoms with Gasteiger partial charge >= 0.3 is 0 Å². The first-order valence-corrected chi connectivity index (χ1v) is 6.27. The molecule has 2 nitrogen and oxygen atoms in total. The van der Waals surface area contributed by atoms with Gasteiger partial charge in [0.05, 0.1) is 15.5 Å². The summed E-state index contributed by atoms with van der Waals surface area (Å²) in [6.07, 6.45) is 1.05. The zero-order valence-corrected chi connectivity index (χ0v) is 10.6. The number of halogens is 1. The Morgan fingerprint density at radius 3 is 3.00 bits per heavy atom. The molecule has 0 radical (unpaired) electrons. The first kappa shape index (κ1) is 11.4. The number of ether oxygens (including phenoxy) is 1. The minimum Gasteiger partial charge on any atom is -0.379 e. The van der Waals surface area contributed by atoms with Gasteiger partial charge in [-0.3, -0.25) is 0 Å². The first-order chi connectivity index (χ1) is 6.24. The average molecular weight is 311 g/mol. The summed E-state index contributed by atoms with van der Waals surface area (Å²) in [4.78, 5) is 0. The van der Waals surface area contributed by atoms with Crippen molar-refractivity contribution in [2.24, 2.45) is 5.73 Å². The van der Waals surface area contributed by atoms with E-state index in [0.717, 1.165) is 13.0 Å². The van der Waals surface area contributed by atoms with Crippen molar-refractivity contribution in [2.75, 3.05) is 13.2 Å². The van der Waals surface area contributed by atoms with Gasteiger partial charge in [-0.05, 0) is 46.0 Å². The molecule has 0 saturated carbocycles. The second-order valence-electron chi connectivity index (χ2n) is 2.87. The van der Waals surface area contributed by atoms with Gasteiger partial charge in [-0.2, -0.15) is 0 Å². The van der Waals surface area contributed by atoms with Crippen LogP contribution in [0.5, 0.6) is 0 Å². The second kappa shape index (κ2) is 5.95. The van der Waals surface area contributed by atoms with Gasteiger partial charge < -0.3 is 10.5 Å². The fraction of sp³-hybridized carbons (Fsp3) is 0.556. The number of rotatable bonds is 5. The topological polar surface area (TPSA) is 35.2 Å². The molecule has 0 fully saturated rings. The molecule has 0 aliphatic heterocycles. The van der Waals surface area contributed by atoms with E-state index >= 15 is 0 Å². The molecule has 1 heterocycles. The molecule has 1 unspecified atom stereocenters. The zero-order chi connectivity index (χ0) is 9.68. The fourth-order valence-electron chi connectivity index (χ4n) is 0.969. The van der Waals surface area contributed by atoms with E-state index in [1.54, 1.807) is 11.3 Å². The summed E-state index contributed by atoms with van der Waals surface area (Å²) >= 11 is 4.02. The van der Waals surface area contributed by atoms with Crippen molar-refractivity contribution in [1.82, 2.24) is 0 Å². The monoisotopic (exact) mass is 311 g/mol. The highest BCUT2D eigenvalue weighted by molar-refractivity contribution is 14.1. The Balaban J connectivity index is 2.35. The van der Waals surface area contributed by atoms with Gasteiger partial charge in [-0.1, -0.05) is 6.92 Å². The van der Waals surface area contributed by atoms with Crippen molar-refractivity contribution in [3.8, 4) is 0 Å². The molecule has 13 heavy (non-hydrogen) atoms. The summed E-state index contributed by atoms with van der Waals surface area (Å²) < 4.78 is 6.66. The van der Waals surface area contributed by atoms with Crippen LogP contribution in [0.25, 0.3) is 0 Å². The van der Waals surface area contributed by atoms with Gasteiger partial charge in [0.2, 0.25) is 0 Å². The summed E-state index contributed by atoms with van der Waals surface area (Å²) in [7, 11) is 0. The average Bonchev–Trinajstić information content (AvgIpc) is 2.52. The van der Waals surface area contributed by atoms with Crippen LogP contribution < -0.4 is 5.73 Å². The van der Waals surface area contributed by atoms with Crippen LogP contribution in [-0.2, 0) is 4.74 Å². The lowest BCUT2D eigenvalue weighted by molar-refractivity contribution is 0.121.